The highest BCUT2D eigenvalue weighted by Gasteiger charge is 2.30. The summed E-state index contributed by atoms with van der Waals surface area (Å²) in [5, 5.41) is 22.5. The molecule has 1 aromatic rings. The molecule has 1 rings (SSSR count). The second-order valence-corrected chi connectivity index (χ2v) is 5.21. The number of non-ortho nitro benzene ring substituents is 1. The number of hydrogen-bond donors (Lipinski definition) is 2. The van der Waals surface area contributed by atoms with Crippen LogP contribution >= 0.6 is 0 Å². The minimum atomic E-state index is -0.973. The lowest BCUT2D eigenvalue weighted by molar-refractivity contribution is -0.384. The van der Waals surface area contributed by atoms with Gasteiger partial charge in [0, 0.05) is 17.7 Å². The number of carboxylic acids is 1. The predicted octanol–water partition coefficient (Wildman–Crippen LogP) is 2.29. The first-order valence-electron chi connectivity index (χ1n) is 7.08. The van der Waals surface area contributed by atoms with Gasteiger partial charge < -0.3 is 10.4 Å². The summed E-state index contributed by atoms with van der Waals surface area (Å²) in [7, 11) is 0. The molecule has 120 valence electrons. The maximum atomic E-state index is 12.1. The minimum absolute atomic E-state index is 0.0248. The Balaban J connectivity index is 2.81. The third-order valence-corrected chi connectivity index (χ3v) is 3.73. The first-order valence-corrected chi connectivity index (χ1v) is 7.08. The fourth-order valence-corrected chi connectivity index (χ4v) is 2.32. The van der Waals surface area contributed by atoms with Crippen molar-refractivity contribution in [2.75, 3.05) is 0 Å². The fourth-order valence-electron chi connectivity index (χ4n) is 2.32. The minimum Gasteiger partial charge on any atom is -0.481 e. The summed E-state index contributed by atoms with van der Waals surface area (Å²) in [5.74, 6) is -1.32. The van der Waals surface area contributed by atoms with Crippen molar-refractivity contribution in [1.82, 2.24) is 5.32 Å². The van der Waals surface area contributed by atoms with Crippen molar-refractivity contribution in [2.24, 2.45) is 0 Å². The Bertz CT molecular complexity index is 567. The van der Waals surface area contributed by atoms with E-state index >= 15 is 0 Å². The Labute approximate surface area is 128 Å². The molecule has 0 heterocycles. The van der Waals surface area contributed by atoms with Gasteiger partial charge in [-0.2, -0.15) is 0 Å². The van der Waals surface area contributed by atoms with E-state index in [2.05, 4.69) is 5.32 Å². The maximum Gasteiger partial charge on any atom is 0.305 e. The molecule has 0 aromatic heterocycles. The molecule has 0 spiro atoms. The molecule has 0 aliphatic rings. The van der Waals surface area contributed by atoms with Crippen LogP contribution in [0.1, 0.15) is 38.7 Å². The molecule has 0 bridgehead atoms. The Morgan fingerprint density at radius 1 is 1.32 bits per heavy atom. The zero-order valence-electron chi connectivity index (χ0n) is 12.7. The summed E-state index contributed by atoms with van der Waals surface area (Å²) in [4.78, 5) is 33.3. The van der Waals surface area contributed by atoms with E-state index in [9.17, 15) is 19.7 Å². The van der Waals surface area contributed by atoms with Crippen LogP contribution in [0, 0.1) is 10.1 Å². The van der Waals surface area contributed by atoms with Gasteiger partial charge in [-0.3, -0.25) is 19.7 Å². The van der Waals surface area contributed by atoms with E-state index in [0.717, 1.165) is 0 Å². The van der Waals surface area contributed by atoms with Gasteiger partial charge in [0.2, 0.25) is 5.91 Å². The third kappa shape index (κ3) is 4.83. The lowest BCUT2D eigenvalue weighted by Gasteiger charge is -2.31. The average Bonchev–Trinajstić information content (AvgIpc) is 2.46. The van der Waals surface area contributed by atoms with Gasteiger partial charge in [-0.15, -0.1) is 0 Å². The Hall–Kier alpha value is -2.44. The number of amides is 1. The molecular weight excluding hydrogens is 288 g/mol. The number of nitrogens with zero attached hydrogens (tertiary/aromatic N) is 1. The van der Waals surface area contributed by atoms with Crippen molar-refractivity contribution in [1.29, 1.82) is 0 Å². The highest BCUT2D eigenvalue weighted by Crippen LogP contribution is 2.20. The number of nitro groups is 1. The van der Waals surface area contributed by atoms with E-state index in [1.807, 2.05) is 13.8 Å². The summed E-state index contributed by atoms with van der Waals surface area (Å²) in [5.41, 5.74) is -0.347. The molecule has 7 nitrogen and oxygen atoms in total. The van der Waals surface area contributed by atoms with Crippen LogP contribution in [0.3, 0.4) is 0 Å². The third-order valence-electron chi connectivity index (χ3n) is 3.73. The van der Waals surface area contributed by atoms with Crippen LogP contribution < -0.4 is 5.32 Å². The quantitative estimate of drug-likeness (QED) is 0.565. The van der Waals surface area contributed by atoms with Crippen molar-refractivity contribution in [3.05, 3.63) is 39.9 Å². The molecule has 0 fully saturated rings. The van der Waals surface area contributed by atoms with Gasteiger partial charge in [0.1, 0.15) is 0 Å². The summed E-state index contributed by atoms with van der Waals surface area (Å²) in [6.45, 7) is 3.64. The molecule has 1 amide bonds. The van der Waals surface area contributed by atoms with E-state index in [1.54, 1.807) is 6.07 Å². The molecule has 2 N–H and O–H groups in total. The van der Waals surface area contributed by atoms with E-state index in [0.29, 0.717) is 18.4 Å². The number of carbonyl (C=O) groups is 2. The van der Waals surface area contributed by atoms with Crippen molar-refractivity contribution in [3.8, 4) is 0 Å². The van der Waals surface area contributed by atoms with Crippen LogP contribution in [0.15, 0.2) is 24.3 Å². The van der Waals surface area contributed by atoms with Gasteiger partial charge in [0.15, 0.2) is 0 Å². The van der Waals surface area contributed by atoms with Crippen LogP contribution in [-0.4, -0.2) is 27.4 Å². The topological polar surface area (TPSA) is 110 Å². The second kappa shape index (κ2) is 7.53. The van der Waals surface area contributed by atoms with Crippen LogP contribution in [0.2, 0.25) is 0 Å². The molecule has 0 aliphatic heterocycles. The molecular formula is C15H20N2O5. The molecule has 0 atom stereocenters. The number of nitro benzene ring substituents is 1. The second-order valence-electron chi connectivity index (χ2n) is 5.21. The van der Waals surface area contributed by atoms with Gasteiger partial charge >= 0.3 is 5.97 Å². The van der Waals surface area contributed by atoms with Crippen molar-refractivity contribution in [2.45, 2.75) is 45.1 Å². The van der Waals surface area contributed by atoms with E-state index in [1.165, 1.54) is 18.2 Å². The van der Waals surface area contributed by atoms with E-state index in [-0.39, 0.29) is 24.4 Å². The van der Waals surface area contributed by atoms with Crippen LogP contribution in [0.25, 0.3) is 0 Å². The smallest absolute Gasteiger partial charge is 0.305 e. The number of hydrogen-bond acceptors (Lipinski definition) is 4. The normalized spacial score (nSPS) is 11.0. The number of benzene rings is 1. The van der Waals surface area contributed by atoms with Gasteiger partial charge in [0.05, 0.1) is 17.8 Å². The predicted molar refractivity (Wildman–Crippen MR) is 80.5 cm³/mol. The van der Waals surface area contributed by atoms with Crippen LogP contribution in [-0.2, 0) is 16.0 Å². The zero-order chi connectivity index (χ0) is 16.8. The Morgan fingerprint density at radius 3 is 2.45 bits per heavy atom. The lowest BCUT2D eigenvalue weighted by atomic mass is 9.88. The van der Waals surface area contributed by atoms with Crippen molar-refractivity contribution < 1.29 is 19.6 Å². The summed E-state index contributed by atoms with van der Waals surface area (Å²) in [6.07, 6.45) is 0.816. The van der Waals surface area contributed by atoms with Gasteiger partial charge in [0.25, 0.3) is 5.69 Å². The van der Waals surface area contributed by atoms with Crippen LogP contribution in [0.4, 0.5) is 5.69 Å². The standard InChI is InChI=1S/C15H20N2O5/c1-3-15(4-2,10-14(19)20)16-13(18)9-11-6-5-7-12(8-11)17(21)22/h5-8H,3-4,9-10H2,1-2H3,(H,16,18)(H,19,20). The number of carboxylic acid groups (broad SMARTS) is 1. The Morgan fingerprint density at radius 2 is 1.95 bits per heavy atom. The van der Waals surface area contributed by atoms with E-state index in [4.69, 9.17) is 5.11 Å². The number of nitrogens with one attached hydrogen (secondary N) is 1. The highest BCUT2D eigenvalue weighted by molar-refractivity contribution is 5.80. The summed E-state index contributed by atoms with van der Waals surface area (Å²) >= 11 is 0. The average molecular weight is 308 g/mol. The SMILES string of the molecule is CCC(CC)(CC(=O)O)NC(=O)Cc1cccc([N+](=O)[O-])c1. The maximum absolute atomic E-state index is 12.1. The van der Waals surface area contributed by atoms with E-state index < -0.39 is 16.4 Å². The van der Waals surface area contributed by atoms with Gasteiger partial charge in [-0.25, -0.2) is 0 Å². The van der Waals surface area contributed by atoms with Crippen LogP contribution in [0.5, 0.6) is 0 Å². The summed E-state index contributed by atoms with van der Waals surface area (Å²) in [6, 6.07) is 5.85. The first-order chi connectivity index (χ1) is 10.3. The molecule has 0 aliphatic carbocycles. The van der Waals surface area contributed by atoms with Gasteiger partial charge in [-0.1, -0.05) is 26.0 Å². The number of rotatable bonds is 8. The largest absolute Gasteiger partial charge is 0.481 e. The first kappa shape index (κ1) is 17.6. The highest BCUT2D eigenvalue weighted by atomic mass is 16.6. The molecule has 0 saturated carbocycles. The molecule has 0 radical (unpaired) electrons. The zero-order valence-corrected chi connectivity index (χ0v) is 12.7. The van der Waals surface area contributed by atoms with Crippen molar-refractivity contribution in [3.63, 3.8) is 0 Å². The number of aliphatic carboxylic acids is 1. The monoisotopic (exact) mass is 308 g/mol. The molecule has 22 heavy (non-hydrogen) atoms. The number of carbonyl (C=O) groups excluding carboxylic acids is 1. The molecule has 7 heteroatoms. The molecule has 1 aromatic carbocycles. The summed E-state index contributed by atoms with van der Waals surface area (Å²) < 4.78 is 0. The lowest BCUT2D eigenvalue weighted by Crippen LogP contribution is -2.49. The molecule has 0 saturated heterocycles. The van der Waals surface area contributed by atoms with Crippen molar-refractivity contribution >= 4 is 17.6 Å². The van der Waals surface area contributed by atoms with Gasteiger partial charge in [-0.05, 0) is 18.4 Å². The molecule has 0 unspecified atom stereocenters. The Kier molecular flexibility index (Phi) is 6.03. The fraction of sp³-hybridized carbons (Fsp3) is 0.467.